The van der Waals surface area contributed by atoms with E-state index in [1.165, 1.54) is 19.2 Å². The summed E-state index contributed by atoms with van der Waals surface area (Å²) >= 11 is 0. The lowest BCUT2D eigenvalue weighted by Gasteiger charge is -2.22. The normalized spacial score (nSPS) is 10.8. The minimum absolute atomic E-state index is 0.235. The Morgan fingerprint density at radius 3 is 2.46 bits per heavy atom. The molecule has 150 valence electrons. The SMILES string of the molecule is CCOC(=O)c1cccc(NC(=O)CN(c2cccc(OC)c2)S(C)(=O)=O)c1. The summed E-state index contributed by atoms with van der Waals surface area (Å²) in [6.45, 7) is 1.50. The number of methoxy groups -OCH3 is 1. The van der Waals surface area contributed by atoms with Crippen LogP contribution in [0.15, 0.2) is 48.5 Å². The monoisotopic (exact) mass is 406 g/mol. The molecule has 9 heteroatoms. The lowest BCUT2D eigenvalue weighted by atomic mass is 10.2. The molecule has 0 unspecified atom stereocenters. The average Bonchev–Trinajstić information content (AvgIpc) is 2.65. The maximum Gasteiger partial charge on any atom is 0.338 e. The molecule has 28 heavy (non-hydrogen) atoms. The van der Waals surface area contributed by atoms with Crippen molar-refractivity contribution in [3.8, 4) is 5.75 Å². The average molecular weight is 406 g/mol. The van der Waals surface area contributed by atoms with Crippen molar-refractivity contribution in [3.05, 3.63) is 54.1 Å². The van der Waals surface area contributed by atoms with Crippen molar-refractivity contribution in [1.29, 1.82) is 0 Å². The van der Waals surface area contributed by atoms with Crippen LogP contribution in [0.2, 0.25) is 0 Å². The van der Waals surface area contributed by atoms with Crippen molar-refractivity contribution in [2.45, 2.75) is 6.92 Å². The Kier molecular flexibility index (Phi) is 7.00. The van der Waals surface area contributed by atoms with Crippen LogP contribution in [-0.4, -0.2) is 46.8 Å². The number of nitrogens with one attached hydrogen (secondary N) is 1. The van der Waals surface area contributed by atoms with E-state index in [9.17, 15) is 18.0 Å². The molecule has 0 atom stereocenters. The standard InChI is InChI=1S/C19H22N2O6S/c1-4-27-19(23)14-7-5-8-15(11-14)20-18(22)13-21(28(3,24)25)16-9-6-10-17(12-16)26-2/h5-12H,4,13H2,1-3H3,(H,20,22). The van der Waals surface area contributed by atoms with Gasteiger partial charge in [0.2, 0.25) is 15.9 Å². The summed E-state index contributed by atoms with van der Waals surface area (Å²) in [6, 6.07) is 12.6. The number of hydrogen-bond donors (Lipinski definition) is 1. The molecule has 0 bridgehead atoms. The van der Waals surface area contributed by atoms with E-state index in [2.05, 4.69) is 5.32 Å². The third kappa shape index (κ3) is 5.71. The summed E-state index contributed by atoms with van der Waals surface area (Å²) in [5.41, 5.74) is 0.944. The van der Waals surface area contributed by atoms with E-state index in [4.69, 9.17) is 9.47 Å². The fourth-order valence-electron chi connectivity index (χ4n) is 2.43. The topological polar surface area (TPSA) is 102 Å². The highest BCUT2D eigenvalue weighted by Crippen LogP contribution is 2.23. The molecule has 0 radical (unpaired) electrons. The molecule has 8 nitrogen and oxygen atoms in total. The van der Waals surface area contributed by atoms with E-state index < -0.39 is 28.4 Å². The van der Waals surface area contributed by atoms with Gasteiger partial charge in [-0.2, -0.15) is 0 Å². The maximum absolute atomic E-state index is 12.4. The third-order valence-corrected chi connectivity index (χ3v) is 4.83. The van der Waals surface area contributed by atoms with E-state index in [1.54, 1.807) is 43.3 Å². The number of esters is 1. The quantitative estimate of drug-likeness (QED) is 0.675. The third-order valence-electron chi connectivity index (χ3n) is 3.69. The number of rotatable bonds is 8. The number of carbonyl (C=O) groups is 2. The number of sulfonamides is 1. The van der Waals surface area contributed by atoms with Gasteiger partial charge in [0.25, 0.3) is 0 Å². The van der Waals surface area contributed by atoms with Crippen molar-refractivity contribution < 1.29 is 27.5 Å². The van der Waals surface area contributed by atoms with E-state index in [0.717, 1.165) is 10.6 Å². The highest BCUT2D eigenvalue weighted by molar-refractivity contribution is 7.92. The first-order valence-electron chi connectivity index (χ1n) is 8.43. The lowest BCUT2D eigenvalue weighted by Crippen LogP contribution is -2.37. The van der Waals surface area contributed by atoms with Crippen LogP contribution >= 0.6 is 0 Å². The second kappa shape index (κ2) is 9.23. The molecule has 0 aromatic heterocycles. The highest BCUT2D eigenvalue weighted by atomic mass is 32.2. The molecular weight excluding hydrogens is 384 g/mol. The Hall–Kier alpha value is -3.07. The fourth-order valence-corrected chi connectivity index (χ4v) is 3.28. The smallest absolute Gasteiger partial charge is 0.338 e. The van der Waals surface area contributed by atoms with Crippen LogP contribution in [0.3, 0.4) is 0 Å². The molecule has 0 aliphatic heterocycles. The van der Waals surface area contributed by atoms with Gasteiger partial charge in [0.15, 0.2) is 0 Å². The lowest BCUT2D eigenvalue weighted by molar-refractivity contribution is -0.114. The predicted molar refractivity (Wildman–Crippen MR) is 106 cm³/mol. The molecule has 0 saturated carbocycles. The fraction of sp³-hybridized carbons (Fsp3) is 0.263. The summed E-state index contributed by atoms with van der Waals surface area (Å²) < 4.78 is 35.4. The summed E-state index contributed by atoms with van der Waals surface area (Å²) in [7, 11) is -2.25. The molecule has 2 aromatic rings. The highest BCUT2D eigenvalue weighted by Gasteiger charge is 2.21. The van der Waals surface area contributed by atoms with Gasteiger partial charge in [-0.25, -0.2) is 13.2 Å². The first-order valence-corrected chi connectivity index (χ1v) is 10.3. The van der Waals surface area contributed by atoms with Gasteiger partial charge in [0, 0.05) is 11.8 Å². The van der Waals surface area contributed by atoms with E-state index in [-0.39, 0.29) is 12.2 Å². The van der Waals surface area contributed by atoms with Crippen molar-refractivity contribution in [2.75, 3.05) is 36.1 Å². The maximum atomic E-state index is 12.4. The van der Waals surface area contributed by atoms with Crippen LogP contribution in [-0.2, 0) is 19.6 Å². The summed E-state index contributed by atoms with van der Waals surface area (Å²) in [5.74, 6) is -0.601. The zero-order chi connectivity index (χ0) is 20.7. The van der Waals surface area contributed by atoms with Crippen molar-refractivity contribution >= 4 is 33.3 Å². The summed E-state index contributed by atoms with van der Waals surface area (Å²) in [6.07, 6.45) is 1.02. The molecule has 1 amide bonds. The van der Waals surface area contributed by atoms with E-state index in [1.807, 2.05) is 0 Å². The molecular formula is C19H22N2O6S. The Balaban J connectivity index is 2.19. The predicted octanol–water partition coefficient (Wildman–Crippen LogP) is 2.28. The van der Waals surface area contributed by atoms with Crippen LogP contribution in [0.25, 0.3) is 0 Å². The molecule has 0 aliphatic carbocycles. The number of amides is 1. The zero-order valence-electron chi connectivity index (χ0n) is 15.8. The Morgan fingerprint density at radius 1 is 1.11 bits per heavy atom. The number of ether oxygens (including phenoxy) is 2. The number of benzene rings is 2. The second-order valence-corrected chi connectivity index (χ2v) is 7.73. The number of carbonyl (C=O) groups excluding carboxylic acids is 2. The number of nitrogens with zero attached hydrogens (tertiary/aromatic N) is 1. The Labute approximate surface area is 164 Å². The first-order chi connectivity index (χ1) is 13.2. The molecule has 0 fully saturated rings. The Morgan fingerprint density at radius 2 is 1.82 bits per heavy atom. The van der Waals surface area contributed by atoms with Gasteiger partial charge >= 0.3 is 5.97 Å². The minimum atomic E-state index is -3.72. The second-order valence-electron chi connectivity index (χ2n) is 5.82. The van der Waals surface area contributed by atoms with Crippen molar-refractivity contribution in [3.63, 3.8) is 0 Å². The van der Waals surface area contributed by atoms with Gasteiger partial charge in [-0.15, -0.1) is 0 Å². The molecule has 2 aromatic carbocycles. The van der Waals surface area contributed by atoms with Crippen molar-refractivity contribution in [1.82, 2.24) is 0 Å². The largest absolute Gasteiger partial charge is 0.497 e. The molecule has 1 N–H and O–H groups in total. The van der Waals surface area contributed by atoms with Crippen LogP contribution in [0, 0.1) is 0 Å². The zero-order valence-corrected chi connectivity index (χ0v) is 16.7. The molecule has 2 rings (SSSR count). The van der Waals surface area contributed by atoms with Gasteiger partial charge in [-0.05, 0) is 37.3 Å². The molecule has 0 heterocycles. The van der Waals surface area contributed by atoms with Crippen LogP contribution in [0.5, 0.6) is 5.75 Å². The van der Waals surface area contributed by atoms with Gasteiger partial charge in [0.05, 0.1) is 31.2 Å². The van der Waals surface area contributed by atoms with E-state index in [0.29, 0.717) is 17.1 Å². The van der Waals surface area contributed by atoms with Crippen LogP contribution in [0.4, 0.5) is 11.4 Å². The molecule has 0 aliphatic rings. The van der Waals surface area contributed by atoms with Gasteiger partial charge < -0.3 is 14.8 Å². The Bertz CT molecular complexity index is 958. The van der Waals surface area contributed by atoms with Gasteiger partial charge in [0.1, 0.15) is 12.3 Å². The van der Waals surface area contributed by atoms with Gasteiger partial charge in [-0.3, -0.25) is 9.10 Å². The first kappa shape index (κ1) is 21.2. The molecule has 0 saturated heterocycles. The number of anilines is 2. The van der Waals surface area contributed by atoms with Gasteiger partial charge in [-0.1, -0.05) is 12.1 Å². The van der Waals surface area contributed by atoms with Crippen molar-refractivity contribution in [2.24, 2.45) is 0 Å². The summed E-state index contributed by atoms with van der Waals surface area (Å²) in [5, 5.41) is 2.60. The van der Waals surface area contributed by atoms with Crippen LogP contribution < -0.4 is 14.4 Å². The summed E-state index contributed by atoms with van der Waals surface area (Å²) in [4.78, 5) is 24.2. The number of hydrogen-bond acceptors (Lipinski definition) is 6. The van der Waals surface area contributed by atoms with Crippen LogP contribution in [0.1, 0.15) is 17.3 Å². The minimum Gasteiger partial charge on any atom is -0.497 e. The molecule has 0 spiro atoms. The van der Waals surface area contributed by atoms with E-state index >= 15 is 0 Å².